The average molecular weight is 189 g/mol. The summed E-state index contributed by atoms with van der Waals surface area (Å²) in [5, 5.41) is 0.653. The summed E-state index contributed by atoms with van der Waals surface area (Å²) in [7, 11) is 0. The van der Waals surface area contributed by atoms with Gasteiger partial charge in [0.25, 0.3) is 5.56 Å². The summed E-state index contributed by atoms with van der Waals surface area (Å²) < 4.78 is 1.40. The number of aromatic nitrogens is 2. The van der Waals surface area contributed by atoms with Crippen LogP contribution in [0, 0.1) is 6.92 Å². The Labute approximate surface area is 81.0 Å². The molecule has 0 saturated heterocycles. The summed E-state index contributed by atoms with van der Waals surface area (Å²) in [5.41, 5.74) is 7.00. The lowest BCUT2D eigenvalue weighted by molar-refractivity contribution is 0.692. The number of fused-ring (bicyclic) bond motifs is 1. The second-order valence-electron chi connectivity index (χ2n) is 3.17. The predicted molar refractivity (Wildman–Crippen MR) is 54.9 cm³/mol. The lowest BCUT2D eigenvalue weighted by Crippen LogP contribution is -2.24. The minimum Gasteiger partial charge on any atom is -0.313 e. The fourth-order valence-electron chi connectivity index (χ4n) is 1.50. The SMILES string of the molecule is Cc1cccc2ncn(CN)c(=O)c12. The van der Waals surface area contributed by atoms with E-state index in [4.69, 9.17) is 5.73 Å². The summed E-state index contributed by atoms with van der Waals surface area (Å²) in [5.74, 6) is 0. The van der Waals surface area contributed by atoms with Crippen LogP contribution < -0.4 is 11.3 Å². The highest BCUT2D eigenvalue weighted by Gasteiger charge is 2.04. The zero-order valence-corrected chi connectivity index (χ0v) is 7.90. The van der Waals surface area contributed by atoms with Crippen LogP contribution in [-0.4, -0.2) is 9.55 Å². The smallest absolute Gasteiger partial charge is 0.262 e. The molecule has 14 heavy (non-hydrogen) atoms. The Balaban J connectivity index is 2.94. The molecule has 0 fully saturated rings. The third-order valence-electron chi connectivity index (χ3n) is 2.26. The molecular formula is C10H11N3O. The topological polar surface area (TPSA) is 60.9 Å². The van der Waals surface area contributed by atoms with Gasteiger partial charge in [-0.15, -0.1) is 0 Å². The highest BCUT2D eigenvalue weighted by atomic mass is 16.1. The van der Waals surface area contributed by atoms with Gasteiger partial charge in [-0.05, 0) is 18.6 Å². The molecule has 2 rings (SSSR count). The summed E-state index contributed by atoms with van der Waals surface area (Å²) >= 11 is 0. The molecule has 1 aromatic heterocycles. The highest BCUT2D eigenvalue weighted by molar-refractivity contribution is 5.80. The van der Waals surface area contributed by atoms with E-state index in [1.807, 2.05) is 25.1 Å². The second-order valence-corrected chi connectivity index (χ2v) is 3.17. The number of nitrogens with zero attached hydrogens (tertiary/aromatic N) is 2. The van der Waals surface area contributed by atoms with Gasteiger partial charge < -0.3 is 5.73 Å². The Hall–Kier alpha value is -1.68. The minimum atomic E-state index is -0.0735. The number of benzene rings is 1. The molecule has 1 heterocycles. The van der Waals surface area contributed by atoms with E-state index in [9.17, 15) is 4.79 Å². The van der Waals surface area contributed by atoms with Gasteiger partial charge in [0, 0.05) is 0 Å². The normalized spacial score (nSPS) is 10.7. The van der Waals surface area contributed by atoms with E-state index in [-0.39, 0.29) is 12.2 Å². The molecule has 0 saturated carbocycles. The first-order valence-corrected chi connectivity index (χ1v) is 4.39. The van der Waals surface area contributed by atoms with Crippen molar-refractivity contribution >= 4 is 10.9 Å². The third kappa shape index (κ3) is 1.20. The van der Waals surface area contributed by atoms with Crippen molar-refractivity contribution in [3.8, 4) is 0 Å². The zero-order chi connectivity index (χ0) is 10.1. The van der Waals surface area contributed by atoms with Crippen LogP contribution in [0.3, 0.4) is 0 Å². The van der Waals surface area contributed by atoms with Gasteiger partial charge in [-0.25, -0.2) is 4.98 Å². The maximum absolute atomic E-state index is 11.8. The van der Waals surface area contributed by atoms with Crippen LogP contribution in [0.1, 0.15) is 5.56 Å². The van der Waals surface area contributed by atoms with Gasteiger partial charge in [0.15, 0.2) is 0 Å². The van der Waals surface area contributed by atoms with Crippen molar-refractivity contribution in [2.75, 3.05) is 0 Å². The molecule has 0 amide bonds. The van der Waals surface area contributed by atoms with Crippen LogP contribution in [0.25, 0.3) is 10.9 Å². The van der Waals surface area contributed by atoms with Gasteiger partial charge in [-0.3, -0.25) is 9.36 Å². The molecule has 0 radical (unpaired) electrons. The molecule has 0 atom stereocenters. The van der Waals surface area contributed by atoms with Crippen molar-refractivity contribution in [1.29, 1.82) is 0 Å². The predicted octanol–water partition coefficient (Wildman–Crippen LogP) is 0.621. The van der Waals surface area contributed by atoms with Crippen LogP contribution in [-0.2, 0) is 6.67 Å². The van der Waals surface area contributed by atoms with E-state index in [2.05, 4.69) is 4.98 Å². The van der Waals surface area contributed by atoms with Crippen molar-refractivity contribution in [2.24, 2.45) is 5.73 Å². The standard InChI is InChI=1S/C10H11N3O/c1-7-3-2-4-8-9(7)10(14)13(5-11)6-12-8/h2-4,6H,5,11H2,1H3. The van der Waals surface area contributed by atoms with Crippen LogP contribution >= 0.6 is 0 Å². The Kier molecular flexibility index (Phi) is 2.05. The first-order chi connectivity index (χ1) is 6.74. The number of aryl methyl sites for hydroxylation is 1. The molecule has 0 aliphatic carbocycles. The third-order valence-corrected chi connectivity index (χ3v) is 2.26. The van der Waals surface area contributed by atoms with Gasteiger partial charge in [0.2, 0.25) is 0 Å². The van der Waals surface area contributed by atoms with Gasteiger partial charge in [0.1, 0.15) is 0 Å². The molecule has 2 aromatic rings. The molecule has 2 N–H and O–H groups in total. The lowest BCUT2D eigenvalue weighted by atomic mass is 10.1. The molecule has 0 spiro atoms. The second kappa shape index (κ2) is 3.23. The van der Waals surface area contributed by atoms with Crippen molar-refractivity contribution in [3.63, 3.8) is 0 Å². The molecule has 0 unspecified atom stereocenters. The van der Waals surface area contributed by atoms with Crippen LogP contribution in [0.5, 0.6) is 0 Å². The largest absolute Gasteiger partial charge is 0.313 e. The fourth-order valence-corrected chi connectivity index (χ4v) is 1.50. The highest BCUT2D eigenvalue weighted by Crippen LogP contribution is 2.10. The van der Waals surface area contributed by atoms with Crippen LogP contribution in [0.4, 0.5) is 0 Å². The number of hydrogen-bond acceptors (Lipinski definition) is 3. The molecule has 0 aliphatic heterocycles. The van der Waals surface area contributed by atoms with E-state index in [0.29, 0.717) is 5.39 Å². The summed E-state index contributed by atoms with van der Waals surface area (Å²) in [6.07, 6.45) is 1.48. The van der Waals surface area contributed by atoms with Crippen molar-refractivity contribution < 1.29 is 0 Å². The zero-order valence-electron chi connectivity index (χ0n) is 7.90. The Bertz CT molecular complexity index is 530. The molecule has 4 heteroatoms. The van der Waals surface area contributed by atoms with E-state index in [1.54, 1.807) is 0 Å². The molecule has 0 bridgehead atoms. The molecule has 0 aliphatic rings. The quantitative estimate of drug-likeness (QED) is 0.715. The van der Waals surface area contributed by atoms with Gasteiger partial charge in [-0.1, -0.05) is 12.1 Å². The van der Waals surface area contributed by atoms with E-state index in [0.717, 1.165) is 11.1 Å². The number of hydrogen-bond donors (Lipinski definition) is 1. The number of rotatable bonds is 1. The van der Waals surface area contributed by atoms with Crippen LogP contribution in [0.2, 0.25) is 0 Å². The van der Waals surface area contributed by atoms with Gasteiger partial charge in [-0.2, -0.15) is 0 Å². The molecule has 72 valence electrons. The van der Waals surface area contributed by atoms with Crippen molar-refractivity contribution in [2.45, 2.75) is 13.6 Å². The van der Waals surface area contributed by atoms with Gasteiger partial charge in [0.05, 0.1) is 23.9 Å². The minimum absolute atomic E-state index is 0.0735. The number of nitrogens with two attached hydrogens (primary N) is 1. The Morgan fingerprint density at radius 1 is 1.50 bits per heavy atom. The first-order valence-electron chi connectivity index (χ1n) is 4.39. The van der Waals surface area contributed by atoms with E-state index < -0.39 is 0 Å². The van der Waals surface area contributed by atoms with Crippen molar-refractivity contribution in [1.82, 2.24) is 9.55 Å². The average Bonchev–Trinajstić information content (AvgIpc) is 2.18. The van der Waals surface area contributed by atoms with Crippen LogP contribution in [0.15, 0.2) is 29.3 Å². The fraction of sp³-hybridized carbons (Fsp3) is 0.200. The van der Waals surface area contributed by atoms with E-state index in [1.165, 1.54) is 10.9 Å². The maximum atomic E-state index is 11.8. The summed E-state index contributed by atoms with van der Waals surface area (Å²) in [6, 6.07) is 5.60. The Morgan fingerprint density at radius 3 is 3.00 bits per heavy atom. The van der Waals surface area contributed by atoms with Crippen molar-refractivity contribution in [3.05, 3.63) is 40.4 Å². The first kappa shape index (κ1) is 8.90. The maximum Gasteiger partial charge on any atom is 0.262 e. The summed E-state index contributed by atoms with van der Waals surface area (Å²) in [6.45, 7) is 2.06. The monoisotopic (exact) mass is 189 g/mol. The summed E-state index contributed by atoms with van der Waals surface area (Å²) in [4.78, 5) is 16.0. The Morgan fingerprint density at radius 2 is 2.29 bits per heavy atom. The van der Waals surface area contributed by atoms with Gasteiger partial charge >= 0.3 is 0 Å². The molecular weight excluding hydrogens is 178 g/mol. The lowest BCUT2D eigenvalue weighted by Gasteiger charge is -2.04. The molecule has 4 nitrogen and oxygen atoms in total. The molecule has 1 aromatic carbocycles. The van der Waals surface area contributed by atoms with E-state index >= 15 is 0 Å².